The van der Waals surface area contributed by atoms with E-state index in [0.29, 0.717) is 5.92 Å². The smallest absolute Gasteiger partial charge is 0.254 e. The largest absolute Gasteiger partial charge is 0.355 e. The summed E-state index contributed by atoms with van der Waals surface area (Å²) >= 11 is 0. The minimum atomic E-state index is -0.0361. The summed E-state index contributed by atoms with van der Waals surface area (Å²) in [7, 11) is 5.69. The molecule has 0 saturated carbocycles. The molecule has 0 aliphatic carbocycles. The molecule has 2 heterocycles. The summed E-state index contributed by atoms with van der Waals surface area (Å²) in [6.07, 6.45) is 5.11. The Morgan fingerprint density at radius 3 is 2.72 bits per heavy atom. The van der Waals surface area contributed by atoms with E-state index < -0.39 is 0 Å². The Labute approximate surface area is 108 Å². The van der Waals surface area contributed by atoms with Crippen LogP contribution >= 0.6 is 0 Å². The Balaban J connectivity index is 2.06. The number of piperidine rings is 1. The van der Waals surface area contributed by atoms with Gasteiger partial charge in [-0.15, -0.1) is 0 Å². The fourth-order valence-electron chi connectivity index (χ4n) is 2.55. The lowest BCUT2D eigenvalue weighted by Crippen LogP contribution is -2.31. The molecule has 1 aliphatic rings. The average Bonchev–Trinajstić information content (AvgIpc) is 2.72. The van der Waals surface area contributed by atoms with Gasteiger partial charge in [0, 0.05) is 20.3 Å². The van der Waals surface area contributed by atoms with Gasteiger partial charge < -0.3 is 10.2 Å². The summed E-state index contributed by atoms with van der Waals surface area (Å²) in [6, 6.07) is 0. The number of nitrogens with zero attached hydrogens (tertiary/aromatic N) is 3. The lowest BCUT2D eigenvalue weighted by atomic mass is 9.91. The van der Waals surface area contributed by atoms with Crippen molar-refractivity contribution in [2.75, 3.05) is 27.2 Å². The molecule has 5 heteroatoms. The molecule has 1 amide bonds. The van der Waals surface area contributed by atoms with Gasteiger partial charge in [-0.25, -0.2) is 0 Å². The Hall–Kier alpha value is -1.36. The molecule has 0 unspecified atom stereocenters. The maximum absolute atomic E-state index is 11.8. The Kier molecular flexibility index (Phi) is 4.01. The first-order valence-corrected chi connectivity index (χ1v) is 6.53. The topological polar surface area (TPSA) is 50.2 Å². The van der Waals surface area contributed by atoms with Gasteiger partial charge in [-0.2, -0.15) is 5.10 Å². The molecule has 5 nitrogen and oxygen atoms in total. The number of aromatic nitrogens is 2. The highest BCUT2D eigenvalue weighted by Crippen LogP contribution is 2.21. The van der Waals surface area contributed by atoms with Crippen LogP contribution in [0.2, 0.25) is 0 Å². The molecule has 2 rings (SSSR count). The van der Waals surface area contributed by atoms with E-state index in [1.165, 1.54) is 12.8 Å². The van der Waals surface area contributed by atoms with Crippen molar-refractivity contribution in [3.63, 3.8) is 0 Å². The van der Waals surface area contributed by atoms with E-state index in [2.05, 4.69) is 22.4 Å². The fraction of sp³-hybridized carbons (Fsp3) is 0.692. The zero-order valence-corrected chi connectivity index (χ0v) is 11.4. The van der Waals surface area contributed by atoms with Gasteiger partial charge in [-0.05, 0) is 45.3 Å². The number of nitrogens with one attached hydrogen (secondary N) is 1. The molecule has 0 bridgehead atoms. The van der Waals surface area contributed by atoms with E-state index in [4.69, 9.17) is 0 Å². The highest BCUT2D eigenvalue weighted by molar-refractivity contribution is 5.94. The maximum Gasteiger partial charge on any atom is 0.254 e. The van der Waals surface area contributed by atoms with Crippen LogP contribution in [0.1, 0.15) is 28.9 Å². The van der Waals surface area contributed by atoms with Gasteiger partial charge in [-0.1, -0.05) is 0 Å². The molecule has 0 radical (unpaired) electrons. The number of likely N-dealkylation sites (tertiary alicyclic amines) is 1. The van der Waals surface area contributed by atoms with E-state index in [0.717, 1.165) is 30.8 Å². The van der Waals surface area contributed by atoms with Gasteiger partial charge in [0.2, 0.25) is 0 Å². The lowest BCUT2D eigenvalue weighted by Gasteiger charge is -2.28. The monoisotopic (exact) mass is 250 g/mol. The zero-order chi connectivity index (χ0) is 13.1. The van der Waals surface area contributed by atoms with E-state index in [9.17, 15) is 4.79 Å². The summed E-state index contributed by atoms with van der Waals surface area (Å²) in [5.74, 6) is 0.616. The Bertz CT molecular complexity index is 419. The van der Waals surface area contributed by atoms with Crippen LogP contribution in [0.25, 0.3) is 0 Å². The van der Waals surface area contributed by atoms with Crippen LogP contribution in [-0.2, 0) is 13.5 Å². The van der Waals surface area contributed by atoms with Crippen molar-refractivity contribution >= 4 is 5.91 Å². The van der Waals surface area contributed by atoms with Crippen LogP contribution in [0.3, 0.4) is 0 Å². The summed E-state index contributed by atoms with van der Waals surface area (Å²) in [6.45, 7) is 2.29. The SMILES string of the molecule is CNC(=O)c1cn(C)nc1CC1CCN(C)CC1. The predicted octanol–water partition coefficient (Wildman–Crippen LogP) is 0.664. The molecule has 100 valence electrons. The second kappa shape index (κ2) is 5.52. The van der Waals surface area contributed by atoms with Crippen LogP contribution in [0, 0.1) is 5.92 Å². The third kappa shape index (κ3) is 2.90. The first-order valence-electron chi connectivity index (χ1n) is 6.53. The third-order valence-electron chi connectivity index (χ3n) is 3.70. The number of carbonyl (C=O) groups is 1. The number of aryl methyl sites for hydroxylation is 1. The molecule has 18 heavy (non-hydrogen) atoms. The average molecular weight is 250 g/mol. The summed E-state index contributed by atoms with van der Waals surface area (Å²) < 4.78 is 1.73. The van der Waals surface area contributed by atoms with Gasteiger partial charge in [0.1, 0.15) is 0 Å². The molecular weight excluding hydrogens is 228 g/mol. The van der Waals surface area contributed by atoms with Crippen molar-refractivity contribution in [3.05, 3.63) is 17.5 Å². The fourth-order valence-corrected chi connectivity index (χ4v) is 2.55. The number of hydrogen-bond donors (Lipinski definition) is 1. The highest BCUT2D eigenvalue weighted by Gasteiger charge is 2.21. The van der Waals surface area contributed by atoms with E-state index in [1.807, 2.05) is 13.2 Å². The van der Waals surface area contributed by atoms with Gasteiger partial charge in [0.25, 0.3) is 5.91 Å². The number of carbonyl (C=O) groups excluding carboxylic acids is 1. The number of hydrogen-bond acceptors (Lipinski definition) is 3. The second-order valence-corrected chi connectivity index (χ2v) is 5.19. The van der Waals surface area contributed by atoms with Crippen LogP contribution < -0.4 is 5.32 Å². The molecule has 1 N–H and O–H groups in total. The molecule has 1 aromatic heterocycles. The number of rotatable bonds is 3. The van der Waals surface area contributed by atoms with Crippen molar-refractivity contribution in [2.24, 2.45) is 13.0 Å². The van der Waals surface area contributed by atoms with Crippen LogP contribution in [0.4, 0.5) is 0 Å². The first-order chi connectivity index (χ1) is 8.60. The molecule has 0 spiro atoms. The Morgan fingerprint density at radius 1 is 1.44 bits per heavy atom. The lowest BCUT2D eigenvalue weighted by molar-refractivity contribution is 0.0961. The van der Waals surface area contributed by atoms with E-state index >= 15 is 0 Å². The highest BCUT2D eigenvalue weighted by atomic mass is 16.1. The summed E-state index contributed by atoms with van der Waals surface area (Å²) in [5.41, 5.74) is 1.66. The van der Waals surface area contributed by atoms with Gasteiger partial charge in [0.15, 0.2) is 0 Å². The molecule has 0 atom stereocenters. The second-order valence-electron chi connectivity index (χ2n) is 5.19. The molecular formula is C13H22N4O. The maximum atomic E-state index is 11.8. The van der Waals surface area contributed by atoms with Crippen LogP contribution in [0.15, 0.2) is 6.20 Å². The van der Waals surface area contributed by atoms with E-state index in [-0.39, 0.29) is 5.91 Å². The minimum Gasteiger partial charge on any atom is -0.355 e. The molecule has 1 saturated heterocycles. The Morgan fingerprint density at radius 2 is 2.11 bits per heavy atom. The molecule has 1 aliphatic heterocycles. The minimum absolute atomic E-state index is 0.0361. The van der Waals surface area contributed by atoms with Gasteiger partial charge in [-0.3, -0.25) is 9.48 Å². The molecule has 0 aromatic carbocycles. The van der Waals surface area contributed by atoms with Crippen molar-refractivity contribution in [2.45, 2.75) is 19.3 Å². The van der Waals surface area contributed by atoms with Crippen molar-refractivity contribution in [1.82, 2.24) is 20.0 Å². The summed E-state index contributed by atoms with van der Waals surface area (Å²) in [4.78, 5) is 14.1. The van der Waals surface area contributed by atoms with Crippen molar-refractivity contribution in [3.8, 4) is 0 Å². The third-order valence-corrected chi connectivity index (χ3v) is 3.70. The molecule has 1 aromatic rings. The van der Waals surface area contributed by atoms with Crippen LogP contribution in [-0.4, -0.2) is 47.8 Å². The zero-order valence-electron chi connectivity index (χ0n) is 11.4. The van der Waals surface area contributed by atoms with Crippen LogP contribution in [0.5, 0.6) is 0 Å². The predicted molar refractivity (Wildman–Crippen MR) is 70.5 cm³/mol. The van der Waals surface area contributed by atoms with E-state index in [1.54, 1.807) is 11.7 Å². The standard InChI is InChI=1S/C13H22N4O/c1-14-13(18)11-9-17(3)15-12(11)8-10-4-6-16(2)7-5-10/h9-10H,4-8H2,1-3H3,(H,14,18). The van der Waals surface area contributed by atoms with Gasteiger partial charge >= 0.3 is 0 Å². The first kappa shape index (κ1) is 13.1. The molecule has 1 fully saturated rings. The normalized spacial score (nSPS) is 17.9. The number of amides is 1. The van der Waals surface area contributed by atoms with Gasteiger partial charge in [0.05, 0.1) is 11.3 Å². The van der Waals surface area contributed by atoms with Crippen molar-refractivity contribution in [1.29, 1.82) is 0 Å². The summed E-state index contributed by atoms with van der Waals surface area (Å²) in [5, 5.41) is 7.11. The van der Waals surface area contributed by atoms with Crippen molar-refractivity contribution < 1.29 is 4.79 Å². The quantitative estimate of drug-likeness (QED) is 0.857.